The lowest BCUT2D eigenvalue weighted by Gasteiger charge is -2.11. The van der Waals surface area contributed by atoms with Gasteiger partial charge in [-0.05, 0) is 36.2 Å². The first-order chi connectivity index (χ1) is 10.7. The Kier molecular flexibility index (Phi) is 5.80. The second-order valence-electron chi connectivity index (χ2n) is 4.74. The zero-order valence-corrected chi connectivity index (χ0v) is 12.4. The Labute approximate surface area is 129 Å². The number of nitrogens with one attached hydrogen (secondary N) is 1. The van der Waals surface area contributed by atoms with E-state index in [1.165, 1.54) is 0 Å². The number of carbonyl (C=O) groups excluding carboxylic acids is 1. The number of aryl methyl sites for hydroxylation is 1. The number of benzene rings is 2. The van der Waals surface area contributed by atoms with Gasteiger partial charge in [-0.1, -0.05) is 30.3 Å². The van der Waals surface area contributed by atoms with E-state index in [2.05, 4.69) is 5.32 Å². The lowest BCUT2D eigenvalue weighted by molar-refractivity contribution is 0.155. The molecule has 0 aliphatic rings. The smallest absolute Gasteiger partial charge is 0.411 e. The SMILES string of the molecule is Cc1cc(OCCO)ccc1NC(=O)OCc1ccccc1. The quantitative estimate of drug-likeness (QED) is 0.860. The van der Waals surface area contributed by atoms with Crippen molar-refractivity contribution in [2.75, 3.05) is 18.5 Å². The molecule has 0 atom stereocenters. The van der Waals surface area contributed by atoms with Gasteiger partial charge in [-0.15, -0.1) is 0 Å². The summed E-state index contributed by atoms with van der Waals surface area (Å²) in [4.78, 5) is 11.8. The number of amides is 1. The van der Waals surface area contributed by atoms with Gasteiger partial charge in [0.15, 0.2) is 0 Å². The lowest BCUT2D eigenvalue weighted by Crippen LogP contribution is -2.14. The molecule has 0 heterocycles. The average Bonchev–Trinajstić information content (AvgIpc) is 2.54. The molecule has 0 bridgehead atoms. The third-order valence-electron chi connectivity index (χ3n) is 3.01. The summed E-state index contributed by atoms with van der Waals surface area (Å²) in [5.74, 6) is 0.648. The molecule has 116 valence electrons. The van der Waals surface area contributed by atoms with Crippen molar-refractivity contribution in [3.05, 3.63) is 59.7 Å². The minimum Gasteiger partial charge on any atom is -0.491 e. The Morgan fingerprint density at radius 3 is 2.64 bits per heavy atom. The van der Waals surface area contributed by atoms with Crippen LogP contribution in [0.3, 0.4) is 0 Å². The largest absolute Gasteiger partial charge is 0.491 e. The highest BCUT2D eigenvalue weighted by Crippen LogP contribution is 2.21. The van der Waals surface area contributed by atoms with Gasteiger partial charge in [-0.2, -0.15) is 0 Å². The standard InChI is InChI=1S/C17H19NO4/c1-13-11-15(21-10-9-19)7-8-16(13)18-17(20)22-12-14-5-3-2-4-6-14/h2-8,11,19H,9-10,12H2,1H3,(H,18,20). The van der Waals surface area contributed by atoms with E-state index in [4.69, 9.17) is 14.6 Å². The van der Waals surface area contributed by atoms with Gasteiger partial charge in [0, 0.05) is 5.69 Å². The first-order valence-corrected chi connectivity index (χ1v) is 7.01. The van der Waals surface area contributed by atoms with Gasteiger partial charge < -0.3 is 14.6 Å². The topological polar surface area (TPSA) is 67.8 Å². The van der Waals surface area contributed by atoms with Gasteiger partial charge >= 0.3 is 6.09 Å². The van der Waals surface area contributed by atoms with Crippen molar-refractivity contribution in [1.29, 1.82) is 0 Å². The van der Waals surface area contributed by atoms with Crippen molar-refractivity contribution in [2.24, 2.45) is 0 Å². The van der Waals surface area contributed by atoms with Crippen molar-refractivity contribution in [1.82, 2.24) is 0 Å². The Bertz CT molecular complexity index is 613. The van der Waals surface area contributed by atoms with Crippen LogP contribution in [0.25, 0.3) is 0 Å². The van der Waals surface area contributed by atoms with Gasteiger partial charge in [0.05, 0.1) is 6.61 Å². The second kappa shape index (κ2) is 8.05. The van der Waals surface area contributed by atoms with Crippen LogP contribution < -0.4 is 10.1 Å². The molecule has 2 N–H and O–H groups in total. The Balaban J connectivity index is 1.88. The van der Waals surface area contributed by atoms with E-state index in [0.717, 1.165) is 11.1 Å². The number of anilines is 1. The molecule has 0 aromatic heterocycles. The molecule has 2 aromatic rings. The van der Waals surface area contributed by atoms with E-state index in [1.54, 1.807) is 18.2 Å². The number of hydrogen-bond donors (Lipinski definition) is 2. The summed E-state index contributed by atoms with van der Waals surface area (Å²) in [7, 11) is 0. The van der Waals surface area contributed by atoms with Gasteiger partial charge in [0.1, 0.15) is 19.0 Å². The summed E-state index contributed by atoms with van der Waals surface area (Å²) in [6.07, 6.45) is -0.504. The number of aliphatic hydroxyl groups excluding tert-OH is 1. The van der Waals surface area contributed by atoms with Crippen LogP contribution >= 0.6 is 0 Å². The zero-order chi connectivity index (χ0) is 15.8. The number of aliphatic hydroxyl groups is 1. The molecule has 0 aliphatic heterocycles. The number of hydrogen-bond acceptors (Lipinski definition) is 4. The van der Waals surface area contributed by atoms with E-state index in [9.17, 15) is 4.79 Å². The van der Waals surface area contributed by atoms with Gasteiger partial charge in [-0.3, -0.25) is 5.32 Å². The van der Waals surface area contributed by atoms with E-state index < -0.39 is 6.09 Å². The van der Waals surface area contributed by atoms with Crippen LogP contribution in [-0.2, 0) is 11.3 Å². The highest BCUT2D eigenvalue weighted by atomic mass is 16.5. The first-order valence-electron chi connectivity index (χ1n) is 7.01. The average molecular weight is 301 g/mol. The molecule has 2 aromatic carbocycles. The highest BCUT2D eigenvalue weighted by Gasteiger charge is 2.07. The van der Waals surface area contributed by atoms with Crippen LogP contribution in [0.2, 0.25) is 0 Å². The molecule has 0 fully saturated rings. The molecule has 0 saturated carbocycles. The van der Waals surface area contributed by atoms with Crippen LogP contribution in [0.15, 0.2) is 48.5 Å². The summed E-state index contributed by atoms with van der Waals surface area (Å²) in [5, 5.41) is 11.4. The van der Waals surface area contributed by atoms with Crippen molar-refractivity contribution < 1.29 is 19.4 Å². The predicted molar refractivity (Wildman–Crippen MR) is 84.0 cm³/mol. The van der Waals surface area contributed by atoms with Crippen LogP contribution in [0, 0.1) is 6.92 Å². The van der Waals surface area contributed by atoms with Crippen molar-refractivity contribution >= 4 is 11.8 Å². The maximum atomic E-state index is 11.8. The summed E-state index contributed by atoms with van der Waals surface area (Å²) in [5.41, 5.74) is 2.45. The Morgan fingerprint density at radius 2 is 1.95 bits per heavy atom. The molecule has 5 nitrogen and oxygen atoms in total. The third kappa shape index (κ3) is 4.79. The van der Waals surface area contributed by atoms with Crippen LogP contribution in [0.5, 0.6) is 5.75 Å². The second-order valence-corrected chi connectivity index (χ2v) is 4.74. The van der Waals surface area contributed by atoms with Crippen LogP contribution in [0.1, 0.15) is 11.1 Å². The molecule has 1 amide bonds. The minimum atomic E-state index is -0.504. The van der Waals surface area contributed by atoms with Crippen LogP contribution in [0.4, 0.5) is 10.5 Å². The van der Waals surface area contributed by atoms with Gasteiger partial charge in [0.2, 0.25) is 0 Å². The fraction of sp³-hybridized carbons (Fsp3) is 0.235. The molecular weight excluding hydrogens is 282 g/mol. The summed E-state index contributed by atoms with van der Waals surface area (Å²) in [6.45, 7) is 2.29. The molecule has 0 saturated heterocycles. The maximum absolute atomic E-state index is 11.8. The highest BCUT2D eigenvalue weighted by molar-refractivity contribution is 5.85. The fourth-order valence-electron chi connectivity index (χ4n) is 1.90. The molecule has 0 unspecified atom stereocenters. The molecule has 0 aliphatic carbocycles. The summed E-state index contributed by atoms with van der Waals surface area (Å²) >= 11 is 0. The molecule has 22 heavy (non-hydrogen) atoms. The molecule has 0 radical (unpaired) electrons. The number of rotatable bonds is 6. The van der Waals surface area contributed by atoms with E-state index in [-0.39, 0.29) is 19.8 Å². The number of ether oxygens (including phenoxy) is 2. The lowest BCUT2D eigenvalue weighted by atomic mass is 10.2. The van der Waals surface area contributed by atoms with Crippen LogP contribution in [-0.4, -0.2) is 24.4 Å². The summed E-state index contributed by atoms with van der Waals surface area (Å²) < 4.78 is 10.5. The van der Waals surface area contributed by atoms with E-state index in [1.807, 2.05) is 37.3 Å². The van der Waals surface area contributed by atoms with Gasteiger partial charge in [0.25, 0.3) is 0 Å². The minimum absolute atomic E-state index is 0.0368. The van der Waals surface area contributed by atoms with E-state index >= 15 is 0 Å². The monoisotopic (exact) mass is 301 g/mol. The maximum Gasteiger partial charge on any atom is 0.411 e. The van der Waals surface area contributed by atoms with Crippen molar-refractivity contribution in [3.8, 4) is 5.75 Å². The normalized spacial score (nSPS) is 10.1. The first kappa shape index (κ1) is 15.9. The fourth-order valence-corrected chi connectivity index (χ4v) is 1.90. The zero-order valence-electron chi connectivity index (χ0n) is 12.4. The van der Waals surface area contributed by atoms with Gasteiger partial charge in [-0.25, -0.2) is 4.79 Å². The molecule has 2 rings (SSSR count). The Hall–Kier alpha value is -2.53. The third-order valence-corrected chi connectivity index (χ3v) is 3.01. The molecular formula is C17H19NO4. The summed E-state index contributed by atoms with van der Waals surface area (Å²) in [6, 6.07) is 14.8. The molecule has 5 heteroatoms. The van der Waals surface area contributed by atoms with Crippen molar-refractivity contribution in [3.63, 3.8) is 0 Å². The Morgan fingerprint density at radius 1 is 1.18 bits per heavy atom. The van der Waals surface area contributed by atoms with E-state index in [0.29, 0.717) is 11.4 Å². The van der Waals surface area contributed by atoms with Crippen molar-refractivity contribution in [2.45, 2.75) is 13.5 Å². The molecule has 0 spiro atoms. The number of carbonyl (C=O) groups is 1. The predicted octanol–water partition coefficient (Wildman–Crippen LogP) is 3.11.